The molecule has 0 bridgehead atoms. The molecule has 6 heterocycles. The lowest BCUT2D eigenvalue weighted by molar-refractivity contribution is -0.0691. The fourth-order valence-electron chi connectivity index (χ4n) is 6.19. The van der Waals surface area contributed by atoms with Gasteiger partial charge in [0.05, 0.1) is 43.9 Å². The third-order valence-electron chi connectivity index (χ3n) is 8.67. The summed E-state index contributed by atoms with van der Waals surface area (Å²) >= 11 is 0. The predicted octanol–water partition coefficient (Wildman–Crippen LogP) is 3.60. The molecule has 0 aliphatic carbocycles. The van der Waals surface area contributed by atoms with Crippen molar-refractivity contribution in [2.45, 2.75) is 25.6 Å². The molecule has 1 aromatic carbocycles. The van der Waals surface area contributed by atoms with Gasteiger partial charge >= 0.3 is 0 Å². The first kappa shape index (κ1) is 28.1. The minimum absolute atomic E-state index is 0.195. The fraction of sp³-hybridized carbons (Fsp3) is 0.303. The summed E-state index contributed by atoms with van der Waals surface area (Å²) in [4.78, 5) is 27.2. The molecule has 2 N–H and O–H groups in total. The molecule has 1 unspecified atom stereocenters. The van der Waals surface area contributed by atoms with Crippen LogP contribution in [-0.2, 0) is 18.4 Å². The van der Waals surface area contributed by atoms with E-state index in [-0.39, 0.29) is 12.2 Å². The van der Waals surface area contributed by atoms with E-state index in [1.807, 2.05) is 42.6 Å². The van der Waals surface area contributed by atoms with Gasteiger partial charge in [0, 0.05) is 78.8 Å². The number of nitrogens with zero attached hydrogens (tertiary/aromatic N) is 7. The van der Waals surface area contributed by atoms with Gasteiger partial charge in [0.25, 0.3) is 5.56 Å². The Kier molecular flexibility index (Phi) is 7.51. The molecule has 2 aliphatic heterocycles. The molecule has 7 rings (SSSR count). The van der Waals surface area contributed by atoms with E-state index in [2.05, 4.69) is 42.2 Å². The number of hydrogen-bond acceptors (Lipinski definition) is 10. The number of rotatable bonds is 7. The zero-order chi connectivity index (χ0) is 30.2. The predicted molar refractivity (Wildman–Crippen MR) is 170 cm³/mol. The molecule has 2 saturated heterocycles. The van der Waals surface area contributed by atoms with E-state index in [9.17, 15) is 9.90 Å². The minimum atomic E-state index is -0.242. The second-order valence-electron chi connectivity index (χ2n) is 11.5. The highest BCUT2D eigenvalue weighted by atomic mass is 16.5. The van der Waals surface area contributed by atoms with Crippen molar-refractivity contribution >= 4 is 28.0 Å². The Labute approximate surface area is 254 Å². The van der Waals surface area contributed by atoms with Crippen LogP contribution in [0.5, 0.6) is 0 Å². The van der Waals surface area contributed by atoms with Crippen LogP contribution in [0.25, 0.3) is 33.2 Å². The van der Waals surface area contributed by atoms with Crippen LogP contribution in [0.15, 0.2) is 78.2 Å². The molecular formula is C33H34N8O3. The molecule has 0 radical (unpaired) electrons. The van der Waals surface area contributed by atoms with Gasteiger partial charge in [0.1, 0.15) is 17.2 Å². The van der Waals surface area contributed by atoms with Gasteiger partial charge in [-0.05, 0) is 30.7 Å². The van der Waals surface area contributed by atoms with Crippen LogP contribution >= 0.6 is 0 Å². The summed E-state index contributed by atoms with van der Waals surface area (Å²) in [6.07, 6.45) is 8.71. The van der Waals surface area contributed by atoms with Crippen molar-refractivity contribution in [3.63, 3.8) is 0 Å². The largest absolute Gasteiger partial charge is 0.392 e. The number of nitrogens with one attached hydrogen (secondary N) is 1. The molecule has 1 atom stereocenters. The number of pyridine rings is 3. The quantitative estimate of drug-likeness (QED) is 0.291. The Hall–Kier alpha value is -4.71. The van der Waals surface area contributed by atoms with Gasteiger partial charge in [-0.15, -0.1) is 5.10 Å². The first-order chi connectivity index (χ1) is 21.5. The third-order valence-corrected chi connectivity index (χ3v) is 8.67. The van der Waals surface area contributed by atoms with E-state index in [0.29, 0.717) is 46.0 Å². The summed E-state index contributed by atoms with van der Waals surface area (Å²) < 4.78 is 6.90. The maximum absolute atomic E-state index is 13.2. The van der Waals surface area contributed by atoms with Crippen LogP contribution in [0.4, 0.5) is 17.2 Å². The third kappa shape index (κ3) is 5.19. The summed E-state index contributed by atoms with van der Waals surface area (Å²) in [5, 5.41) is 24.2. The van der Waals surface area contributed by atoms with Crippen LogP contribution in [0.1, 0.15) is 12.5 Å². The minimum Gasteiger partial charge on any atom is -0.392 e. The van der Waals surface area contributed by atoms with Crippen molar-refractivity contribution in [3.05, 3.63) is 89.4 Å². The van der Waals surface area contributed by atoms with Crippen molar-refractivity contribution in [2.24, 2.45) is 7.05 Å². The molecule has 224 valence electrons. The first-order valence-corrected chi connectivity index (χ1v) is 14.8. The second-order valence-corrected chi connectivity index (χ2v) is 11.5. The Morgan fingerprint density at radius 3 is 2.64 bits per heavy atom. The highest BCUT2D eigenvalue weighted by molar-refractivity contribution is 5.95. The molecule has 2 aliphatic rings. The van der Waals surface area contributed by atoms with E-state index in [0.717, 1.165) is 54.9 Å². The van der Waals surface area contributed by atoms with Crippen LogP contribution in [-0.4, -0.2) is 79.7 Å². The monoisotopic (exact) mass is 590 g/mol. The smallest absolute Gasteiger partial charge is 0.274 e. The first-order valence-electron chi connectivity index (χ1n) is 14.8. The SMILES string of the molecule is CC1CN(C2COC2)CCN1c1ccc(Nc2cc(-c3cncc(-c4nncc5ccccc45)c3CO)cn(C)c2=O)nc1. The highest BCUT2D eigenvalue weighted by Crippen LogP contribution is 2.34. The molecule has 5 aromatic rings. The van der Waals surface area contributed by atoms with Crippen molar-refractivity contribution in [1.82, 2.24) is 29.6 Å². The topological polar surface area (TPSA) is 122 Å². The summed E-state index contributed by atoms with van der Waals surface area (Å²) in [6, 6.07) is 14.5. The Bertz CT molecular complexity index is 1870. The standard InChI is InChI=1S/C33H34N8O3/c1-21-16-40(25-19-44-20-25)9-10-41(21)24-7-8-31(35-13-24)37-30-11-23(17-39(2)33(30)43)27-14-34-15-28(29(27)18-42)32-26-6-4-3-5-22(26)12-36-38-32/h3-8,11-15,17,21,25,42H,9-10,16,18-20H2,1-2H3,(H,35,37). The number of ether oxygens (including phenoxy) is 1. The summed E-state index contributed by atoms with van der Waals surface area (Å²) in [5.74, 6) is 0.571. The molecule has 44 heavy (non-hydrogen) atoms. The molecule has 11 nitrogen and oxygen atoms in total. The summed E-state index contributed by atoms with van der Waals surface area (Å²) in [6.45, 7) is 6.59. The molecule has 0 amide bonds. The van der Waals surface area contributed by atoms with Gasteiger partial charge < -0.3 is 24.6 Å². The van der Waals surface area contributed by atoms with E-state index >= 15 is 0 Å². The lowest BCUT2D eigenvalue weighted by Gasteiger charge is -2.46. The lowest BCUT2D eigenvalue weighted by atomic mass is 9.96. The van der Waals surface area contributed by atoms with Crippen LogP contribution in [0, 0.1) is 0 Å². The molecule has 0 saturated carbocycles. The second kappa shape index (κ2) is 11.8. The van der Waals surface area contributed by atoms with Crippen LogP contribution in [0.3, 0.4) is 0 Å². The average Bonchev–Trinajstić information content (AvgIpc) is 3.02. The average molecular weight is 591 g/mol. The number of aliphatic hydroxyl groups is 1. The number of aryl methyl sites for hydroxylation is 1. The van der Waals surface area contributed by atoms with Gasteiger partial charge in [-0.3, -0.25) is 14.7 Å². The Morgan fingerprint density at radius 1 is 1.05 bits per heavy atom. The van der Waals surface area contributed by atoms with Crippen LogP contribution in [0.2, 0.25) is 0 Å². The number of piperazine rings is 1. The summed E-state index contributed by atoms with van der Waals surface area (Å²) in [5.41, 5.74) is 4.63. The van der Waals surface area contributed by atoms with Crippen LogP contribution < -0.4 is 15.8 Å². The van der Waals surface area contributed by atoms with E-state index in [1.54, 1.807) is 37.9 Å². The van der Waals surface area contributed by atoms with Gasteiger partial charge in [-0.25, -0.2) is 4.98 Å². The molecule has 11 heteroatoms. The molecule has 2 fully saturated rings. The zero-order valence-corrected chi connectivity index (χ0v) is 24.7. The van der Waals surface area contributed by atoms with Crippen molar-refractivity contribution in [3.8, 4) is 22.4 Å². The fourth-order valence-corrected chi connectivity index (χ4v) is 6.19. The number of aliphatic hydroxyl groups excluding tert-OH is 1. The number of fused-ring (bicyclic) bond motifs is 1. The molecular weight excluding hydrogens is 556 g/mol. The number of hydrogen-bond donors (Lipinski definition) is 2. The Morgan fingerprint density at radius 2 is 1.89 bits per heavy atom. The maximum atomic E-state index is 13.2. The molecule has 4 aromatic heterocycles. The number of aromatic nitrogens is 5. The van der Waals surface area contributed by atoms with Crippen molar-refractivity contribution in [1.29, 1.82) is 0 Å². The highest BCUT2D eigenvalue weighted by Gasteiger charge is 2.32. The summed E-state index contributed by atoms with van der Waals surface area (Å²) in [7, 11) is 1.70. The van der Waals surface area contributed by atoms with Gasteiger partial charge in [-0.2, -0.15) is 5.10 Å². The van der Waals surface area contributed by atoms with E-state index in [1.165, 1.54) is 4.57 Å². The zero-order valence-electron chi connectivity index (χ0n) is 24.7. The van der Waals surface area contributed by atoms with E-state index < -0.39 is 0 Å². The van der Waals surface area contributed by atoms with Crippen molar-refractivity contribution in [2.75, 3.05) is 43.1 Å². The lowest BCUT2D eigenvalue weighted by Crippen LogP contribution is -2.59. The van der Waals surface area contributed by atoms with Gasteiger partial charge in [0.15, 0.2) is 0 Å². The number of benzene rings is 1. The molecule has 0 spiro atoms. The number of anilines is 3. The van der Waals surface area contributed by atoms with Gasteiger partial charge in [0.2, 0.25) is 0 Å². The van der Waals surface area contributed by atoms with E-state index in [4.69, 9.17) is 4.74 Å². The normalized spacial score (nSPS) is 17.5. The van der Waals surface area contributed by atoms with Gasteiger partial charge in [-0.1, -0.05) is 24.3 Å². The van der Waals surface area contributed by atoms with Crippen molar-refractivity contribution < 1.29 is 9.84 Å². The Balaban J connectivity index is 1.16. The maximum Gasteiger partial charge on any atom is 0.274 e.